The summed E-state index contributed by atoms with van der Waals surface area (Å²) in [4.78, 5) is 0. The highest BCUT2D eigenvalue weighted by Gasteiger charge is 2.13. The zero-order valence-corrected chi connectivity index (χ0v) is 15.7. The lowest BCUT2D eigenvalue weighted by atomic mass is 10.1. The highest BCUT2D eigenvalue weighted by Crippen LogP contribution is 2.24. The number of nitrogens with one attached hydrogen (secondary N) is 2. The molecular formula is C22H22FN5. The molecule has 2 N–H and O–H groups in total. The van der Waals surface area contributed by atoms with Gasteiger partial charge in [0.05, 0.1) is 17.6 Å². The van der Waals surface area contributed by atoms with Gasteiger partial charge in [0.1, 0.15) is 5.82 Å². The van der Waals surface area contributed by atoms with Crippen LogP contribution in [0.15, 0.2) is 67.1 Å². The van der Waals surface area contributed by atoms with Crippen molar-refractivity contribution in [3.8, 4) is 16.9 Å². The van der Waals surface area contributed by atoms with Crippen molar-refractivity contribution in [2.45, 2.75) is 19.9 Å². The maximum Gasteiger partial charge on any atom is 0.123 e. The van der Waals surface area contributed by atoms with Crippen LogP contribution in [-0.2, 0) is 13.0 Å². The standard InChI is InChI=1S/C22H22FN5/c1-16-4-2-7-21(10-16)28-15-19(14-24-9-8-17-12-25-26-13-17)22(27-28)18-5-3-6-20(23)11-18/h2-7,10-13,15,24H,8-9,14H2,1H3,(H,25,26). The van der Waals surface area contributed by atoms with Crippen molar-refractivity contribution in [3.63, 3.8) is 0 Å². The summed E-state index contributed by atoms with van der Waals surface area (Å²) in [6, 6.07) is 14.7. The molecule has 0 saturated heterocycles. The van der Waals surface area contributed by atoms with Gasteiger partial charge in [-0.3, -0.25) is 5.10 Å². The van der Waals surface area contributed by atoms with Gasteiger partial charge in [-0.15, -0.1) is 0 Å². The number of hydrogen-bond donors (Lipinski definition) is 2. The Bertz CT molecular complexity index is 1050. The van der Waals surface area contributed by atoms with Crippen LogP contribution in [0.4, 0.5) is 4.39 Å². The molecule has 28 heavy (non-hydrogen) atoms. The van der Waals surface area contributed by atoms with E-state index in [1.54, 1.807) is 6.07 Å². The minimum Gasteiger partial charge on any atom is -0.312 e. The third kappa shape index (κ3) is 4.18. The van der Waals surface area contributed by atoms with Gasteiger partial charge in [0.2, 0.25) is 0 Å². The first-order valence-electron chi connectivity index (χ1n) is 9.29. The van der Waals surface area contributed by atoms with Crippen molar-refractivity contribution >= 4 is 0 Å². The van der Waals surface area contributed by atoms with Gasteiger partial charge in [-0.25, -0.2) is 9.07 Å². The molecule has 6 heteroatoms. The number of aromatic amines is 1. The minimum absolute atomic E-state index is 0.263. The second kappa shape index (κ2) is 8.19. The smallest absolute Gasteiger partial charge is 0.123 e. The normalized spacial score (nSPS) is 11.1. The molecule has 0 unspecified atom stereocenters. The van der Waals surface area contributed by atoms with E-state index in [0.29, 0.717) is 6.54 Å². The van der Waals surface area contributed by atoms with Gasteiger partial charge in [-0.2, -0.15) is 10.2 Å². The Hall–Kier alpha value is -3.25. The van der Waals surface area contributed by atoms with Gasteiger partial charge in [0.25, 0.3) is 0 Å². The van der Waals surface area contributed by atoms with Gasteiger partial charge in [0, 0.05) is 30.1 Å². The van der Waals surface area contributed by atoms with E-state index in [0.717, 1.165) is 41.0 Å². The molecule has 2 aromatic carbocycles. The zero-order valence-electron chi connectivity index (χ0n) is 15.7. The van der Waals surface area contributed by atoms with E-state index >= 15 is 0 Å². The van der Waals surface area contributed by atoms with E-state index in [2.05, 4.69) is 34.6 Å². The number of aromatic nitrogens is 4. The molecule has 0 aliphatic heterocycles. The van der Waals surface area contributed by atoms with Crippen LogP contribution in [0.2, 0.25) is 0 Å². The highest BCUT2D eigenvalue weighted by atomic mass is 19.1. The summed E-state index contributed by atoms with van der Waals surface area (Å²) in [7, 11) is 0. The average molecular weight is 375 g/mol. The average Bonchev–Trinajstić information content (AvgIpc) is 3.35. The van der Waals surface area contributed by atoms with E-state index in [4.69, 9.17) is 5.10 Å². The van der Waals surface area contributed by atoms with Crippen molar-refractivity contribution < 1.29 is 4.39 Å². The molecule has 0 saturated carbocycles. The highest BCUT2D eigenvalue weighted by molar-refractivity contribution is 5.63. The summed E-state index contributed by atoms with van der Waals surface area (Å²) >= 11 is 0. The van der Waals surface area contributed by atoms with Crippen molar-refractivity contribution in [3.05, 3.63) is 89.6 Å². The Labute approximate surface area is 163 Å². The van der Waals surface area contributed by atoms with E-state index in [1.807, 2.05) is 41.5 Å². The van der Waals surface area contributed by atoms with Gasteiger partial charge < -0.3 is 5.32 Å². The fourth-order valence-corrected chi connectivity index (χ4v) is 3.19. The number of halogens is 1. The van der Waals surface area contributed by atoms with E-state index in [9.17, 15) is 4.39 Å². The van der Waals surface area contributed by atoms with Crippen molar-refractivity contribution in [1.82, 2.24) is 25.3 Å². The molecular weight excluding hydrogens is 353 g/mol. The first-order chi connectivity index (χ1) is 13.7. The number of aryl methyl sites for hydroxylation is 1. The lowest BCUT2D eigenvalue weighted by Crippen LogP contribution is -2.16. The van der Waals surface area contributed by atoms with Gasteiger partial charge in [-0.05, 0) is 55.3 Å². The molecule has 4 aromatic rings. The molecule has 0 radical (unpaired) electrons. The molecule has 0 bridgehead atoms. The van der Waals surface area contributed by atoms with Crippen LogP contribution in [0.3, 0.4) is 0 Å². The topological polar surface area (TPSA) is 58.5 Å². The van der Waals surface area contributed by atoms with Crippen LogP contribution < -0.4 is 5.32 Å². The fraction of sp³-hybridized carbons (Fsp3) is 0.182. The monoisotopic (exact) mass is 375 g/mol. The summed E-state index contributed by atoms with van der Waals surface area (Å²) in [5, 5.41) is 15.0. The summed E-state index contributed by atoms with van der Waals surface area (Å²) in [5.41, 5.74) is 5.91. The van der Waals surface area contributed by atoms with Crippen LogP contribution >= 0.6 is 0 Å². The number of benzene rings is 2. The third-order valence-electron chi connectivity index (χ3n) is 4.62. The predicted molar refractivity (Wildman–Crippen MR) is 108 cm³/mol. The van der Waals surface area contributed by atoms with Crippen LogP contribution in [-0.4, -0.2) is 26.5 Å². The summed E-state index contributed by atoms with van der Waals surface area (Å²) in [6.07, 6.45) is 6.63. The molecule has 4 rings (SSSR count). The minimum atomic E-state index is -0.263. The molecule has 0 amide bonds. The Morgan fingerprint density at radius 2 is 2.04 bits per heavy atom. The van der Waals surface area contributed by atoms with E-state index < -0.39 is 0 Å². The van der Waals surface area contributed by atoms with Crippen LogP contribution in [0.5, 0.6) is 0 Å². The Morgan fingerprint density at radius 1 is 1.14 bits per heavy atom. The molecule has 0 aliphatic rings. The van der Waals surface area contributed by atoms with E-state index in [1.165, 1.54) is 17.7 Å². The zero-order chi connectivity index (χ0) is 19.3. The Kier molecular flexibility index (Phi) is 5.30. The Morgan fingerprint density at radius 3 is 2.82 bits per heavy atom. The van der Waals surface area contributed by atoms with Gasteiger partial charge >= 0.3 is 0 Å². The van der Waals surface area contributed by atoms with Crippen molar-refractivity contribution in [2.24, 2.45) is 0 Å². The van der Waals surface area contributed by atoms with E-state index in [-0.39, 0.29) is 5.82 Å². The second-order valence-corrected chi connectivity index (χ2v) is 6.83. The number of hydrogen-bond acceptors (Lipinski definition) is 3. The summed E-state index contributed by atoms with van der Waals surface area (Å²) in [5.74, 6) is -0.263. The molecule has 0 atom stereocenters. The lowest BCUT2D eigenvalue weighted by molar-refractivity contribution is 0.628. The number of nitrogens with zero attached hydrogens (tertiary/aromatic N) is 3. The first kappa shape index (κ1) is 18.1. The quantitative estimate of drug-likeness (QED) is 0.479. The van der Waals surface area contributed by atoms with Crippen molar-refractivity contribution in [1.29, 1.82) is 0 Å². The maximum absolute atomic E-state index is 13.8. The molecule has 2 heterocycles. The molecule has 5 nitrogen and oxygen atoms in total. The predicted octanol–water partition coefficient (Wildman–Crippen LogP) is 4.04. The molecule has 142 valence electrons. The molecule has 0 spiro atoms. The van der Waals surface area contributed by atoms with Crippen LogP contribution in [0.1, 0.15) is 16.7 Å². The van der Waals surface area contributed by atoms with Crippen LogP contribution in [0, 0.1) is 12.7 Å². The van der Waals surface area contributed by atoms with Gasteiger partial charge in [-0.1, -0.05) is 24.3 Å². The third-order valence-corrected chi connectivity index (χ3v) is 4.62. The largest absolute Gasteiger partial charge is 0.312 e. The summed E-state index contributed by atoms with van der Waals surface area (Å²) in [6.45, 7) is 3.52. The summed E-state index contributed by atoms with van der Waals surface area (Å²) < 4.78 is 15.6. The first-order valence-corrected chi connectivity index (χ1v) is 9.29. The lowest BCUT2D eigenvalue weighted by Gasteiger charge is -2.05. The molecule has 0 aliphatic carbocycles. The molecule has 0 fully saturated rings. The second-order valence-electron chi connectivity index (χ2n) is 6.83. The number of H-pyrrole nitrogens is 1. The van der Waals surface area contributed by atoms with Gasteiger partial charge in [0.15, 0.2) is 0 Å². The molecule has 2 aromatic heterocycles. The Balaban J connectivity index is 1.59. The van der Waals surface area contributed by atoms with Crippen molar-refractivity contribution in [2.75, 3.05) is 6.54 Å². The maximum atomic E-state index is 13.8. The fourth-order valence-electron chi connectivity index (χ4n) is 3.19. The van der Waals surface area contributed by atoms with Crippen LogP contribution in [0.25, 0.3) is 16.9 Å². The number of rotatable bonds is 7. The SMILES string of the molecule is Cc1cccc(-n2cc(CNCCc3cn[nH]c3)c(-c3cccc(F)c3)n2)c1.